The van der Waals surface area contributed by atoms with Crippen molar-refractivity contribution in [1.82, 2.24) is 24.9 Å². The van der Waals surface area contributed by atoms with Crippen molar-refractivity contribution in [3.05, 3.63) is 42.2 Å². The fourth-order valence-corrected chi connectivity index (χ4v) is 4.92. The summed E-state index contributed by atoms with van der Waals surface area (Å²) in [5, 5.41) is 17.3. The van der Waals surface area contributed by atoms with Crippen molar-refractivity contribution < 1.29 is 14.0 Å². The van der Waals surface area contributed by atoms with E-state index in [0.29, 0.717) is 29.8 Å². The van der Waals surface area contributed by atoms with Crippen LogP contribution in [-0.4, -0.2) is 55.6 Å². The molecule has 0 bridgehead atoms. The third-order valence-electron chi connectivity index (χ3n) is 7.15. The van der Waals surface area contributed by atoms with Gasteiger partial charge >= 0.3 is 0 Å². The number of imidazole rings is 1. The first-order valence-corrected chi connectivity index (χ1v) is 13.7. The Bertz CT molecular complexity index is 1330. The third kappa shape index (κ3) is 6.62. The lowest BCUT2D eigenvalue weighted by molar-refractivity contribution is -0.123. The van der Waals surface area contributed by atoms with Gasteiger partial charge in [-0.25, -0.2) is 13.9 Å². The molecule has 3 heterocycles. The predicted octanol–water partition coefficient (Wildman–Crippen LogP) is 3.30. The molecule has 2 aliphatic rings. The lowest BCUT2D eigenvalue weighted by atomic mass is 9.90. The number of halogens is 1. The van der Waals surface area contributed by atoms with Crippen molar-refractivity contribution in [3.8, 4) is 0 Å². The minimum atomic E-state index is -0.625. The molecule has 2 amide bonds. The zero-order chi connectivity index (χ0) is 27.5. The first kappa shape index (κ1) is 26.8. The molecule has 3 aromatic heterocycles. The van der Waals surface area contributed by atoms with Gasteiger partial charge in [-0.3, -0.25) is 14.6 Å². The summed E-state index contributed by atoms with van der Waals surface area (Å²) in [5.41, 5.74) is 7.57. The van der Waals surface area contributed by atoms with Crippen LogP contribution in [0, 0.1) is 11.7 Å². The van der Waals surface area contributed by atoms with E-state index in [9.17, 15) is 14.0 Å². The van der Waals surface area contributed by atoms with Gasteiger partial charge in [-0.05, 0) is 56.9 Å². The lowest BCUT2D eigenvalue weighted by Crippen LogP contribution is -2.47. The quantitative estimate of drug-likeness (QED) is 0.264. The molecular weight excluding hydrogens is 501 g/mol. The average molecular weight is 538 g/mol. The van der Waals surface area contributed by atoms with Crippen LogP contribution in [-0.2, 0) is 4.79 Å². The van der Waals surface area contributed by atoms with Crippen molar-refractivity contribution in [3.63, 3.8) is 0 Å². The molecule has 2 aliphatic carbocycles. The van der Waals surface area contributed by atoms with E-state index in [2.05, 4.69) is 50.2 Å². The molecule has 0 radical (unpaired) electrons. The molecule has 0 aliphatic heterocycles. The highest BCUT2D eigenvalue weighted by atomic mass is 19.1. The summed E-state index contributed by atoms with van der Waals surface area (Å²) in [6, 6.07) is 3.47. The molecule has 1 atom stereocenters. The standard InChI is InChI=1S/C27H36FN9O2/c1-15(2)11-20(29)26(38)34-18-7-5-17(6-8-18)33-24-12-22(32-16-3-4-16)25-31-14-23(37(25)36-24)27(39)35-21-9-10-30-13-19(21)28/h9-10,12-18,20,32H,3-8,11,29H2,1-2H3,(H,33,36)(H,34,38)(H,30,35,39)/t17-,18-,20-/m0/s1. The van der Waals surface area contributed by atoms with Crippen LogP contribution in [0.4, 0.5) is 21.6 Å². The number of pyridine rings is 1. The number of carbonyl (C=O) groups excluding carboxylic acids is 2. The molecule has 12 heteroatoms. The molecule has 6 N–H and O–H groups in total. The highest BCUT2D eigenvalue weighted by Crippen LogP contribution is 2.30. The van der Waals surface area contributed by atoms with Gasteiger partial charge in [-0.1, -0.05) is 13.8 Å². The van der Waals surface area contributed by atoms with Gasteiger partial charge in [0.15, 0.2) is 17.2 Å². The Hall–Kier alpha value is -3.80. The summed E-state index contributed by atoms with van der Waals surface area (Å²) in [6.07, 6.45) is 10.1. The molecular formula is C27H36FN9O2. The van der Waals surface area contributed by atoms with Crippen LogP contribution in [0.2, 0.25) is 0 Å². The van der Waals surface area contributed by atoms with Gasteiger partial charge < -0.3 is 27.0 Å². The minimum absolute atomic E-state index is 0.0320. The molecule has 0 unspecified atom stereocenters. The zero-order valence-electron chi connectivity index (χ0n) is 22.3. The lowest BCUT2D eigenvalue weighted by Gasteiger charge is -2.31. The first-order chi connectivity index (χ1) is 18.8. The van der Waals surface area contributed by atoms with E-state index in [-0.39, 0.29) is 29.4 Å². The number of anilines is 3. The van der Waals surface area contributed by atoms with Crippen molar-refractivity contribution in [2.75, 3.05) is 16.0 Å². The normalized spacial score (nSPS) is 20.0. The molecule has 0 spiro atoms. The summed E-state index contributed by atoms with van der Waals surface area (Å²) in [7, 11) is 0. The number of aromatic nitrogens is 4. The van der Waals surface area contributed by atoms with Gasteiger partial charge in [-0.15, -0.1) is 5.10 Å². The fraction of sp³-hybridized carbons (Fsp3) is 0.519. The second-order valence-electron chi connectivity index (χ2n) is 11.0. The van der Waals surface area contributed by atoms with Gasteiger partial charge in [0.05, 0.1) is 29.8 Å². The van der Waals surface area contributed by atoms with Crippen LogP contribution in [0.3, 0.4) is 0 Å². The van der Waals surface area contributed by atoms with Crippen LogP contribution in [0.25, 0.3) is 5.65 Å². The summed E-state index contributed by atoms with van der Waals surface area (Å²) in [4.78, 5) is 33.6. The molecule has 0 saturated heterocycles. The molecule has 0 aromatic carbocycles. The molecule has 208 valence electrons. The Morgan fingerprint density at radius 2 is 1.74 bits per heavy atom. The monoisotopic (exact) mass is 537 g/mol. The maximum atomic E-state index is 14.1. The Morgan fingerprint density at radius 1 is 1.05 bits per heavy atom. The molecule has 3 aromatic rings. The highest BCUT2D eigenvalue weighted by Gasteiger charge is 2.27. The second kappa shape index (κ2) is 11.5. The van der Waals surface area contributed by atoms with Gasteiger partial charge in [0.25, 0.3) is 5.91 Å². The number of amides is 2. The summed E-state index contributed by atoms with van der Waals surface area (Å²) in [5.74, 6) is -0.255. The van der Waals surface area contributed by atoms with Crippen molar-refractivity contribution >= 4 is 34.7 Å². The number of hydrogen-bond donors (Lipinski definition) is 5. The van der Waals surface area contributed by atoms with E-state index in [4.69, 9.17) is 5.73 Å². The fourth-order valence-electron chi connectivity index (χ4n) is 4.92. The van der Waals surface area contributed by atoms with Crippen molar-refractivity contribution in [2.45, 2.75) is 83.0 Å². The zero-order valence-corrected chi connectivity index (χ0v) is 22.3. The Kier molecular flexibility index (Phi) is 7.92. The Morgan fingerprint density at radius 3 is 2.44 bits per heavy atom. The Balaban J connectivity index is 1.28. The largest absolute Gasteiger partial charge is 0.379 e. The summed E-state index contributed by atoms with van der Waals surface area (Å²) < 4.78 is 15.6. The van der Waals surface area contributed by atoms with E-state index in [1.807, 2.05) is 6.07 Å². The number of fused-ring (bicyclic) bond motifs is 1. The van der Waals surface area contributed by atoms with E-state index >= 15 is 0 Å². The van der Waals surface area contributed by atoms with Crippen LogP contribution in [0.15, 0.2) is 30.7 Å². The van der Waals surface area contributed by atoms with Gasteiger partial charge in [-0.2, -0.15) is 0 Å². The van der Waals surface area contributed by atoms with Crippen LogP contribution < -0.4 is 27.0 Å². The van der Waals surface area contributed by atoms with Gasteiger partial charge in [0.2, 0.25) is 5.91 Å². The predicted molar refractivity (Wildman–Crippen MR) is 147 cm³/mol. The maximum Gasteiger partial charge on any atom is 0.276 e. The number of rotatable bonds is 10. The summed E-state index contributed by atoms with van der Waals surface area (Å²) in [6.45, 7) is 4.11. The van der Waals surface area contributed by atoms with Crippen LogP contribution in [0.5, 0.6) is 0 Å². The summed E-state index contributed by atoms with van der Waals surface area (Å²) >= 11 is 0. The number of nitrogens with zero attached hydrogens (tertiary/aromatic N) is 4. The second-order valence-corrected chi connectivity index (χ2v) is 11.0. The molecule has 11 nitrogen and oxygen atoms in total. The number of carbonyl (C=O) groups is 2. The van der Waals surface area contributed by atoms with Crippen molar-refractivity contribution in [2.24, 2.45) is 11.7 Å². The smallest absolute Gasteiger partial charge is 0.276 e. The number of nitrogens with one attached hydrogen (secondary N) is 4. The minimum Gasteiger partial charge on any atom is -0.379 e. The average Bonchev–Trinajstić information content (AvgIpc) is 3.61. The van der Waals surface area contributed by atoms with Crippen LogP contribution in [0.1, 0.15) is 69.3 Å². The van der Waals surface area contributed by atoms with E-state index in [1.165, 1.54) is 23.0 Å². The van der Waals surface area contributed by atoms with E-state index in [1.54, 1.807) is 0 Å². The van der Waals surface area contributed by atoms with Crippen LogP contribution >= 0.6 is 0 Å². The third-order valence-corrected chi connectivity index (χ3v) is 7.15. The SMILES string of the molecule is CC(C)C[C@H](N)C(=O)N[C@H]1CC[C@H](Nc2cc(NC3CC3)c3ncc(C(=O)Nc4ccncc4F)n3n2)CC1. The maximum absolute atomic E-state index is 14.1. The number of hydrogen-bond acceptors (Lipinski definition) is 8. The Labute approximate surface area is 226 Å². The first-order valence-electron chi connectivity index (χ1n) is 13.7. The van der Waals surface area contributed by atoms with Crippen molar-refractivity contribution in [1.29, 1.82) is 0 Å². The molecule has 2 fully saturated rings. The molecule has 39 heavy (non-hydrogen) atoms. The van der Waals surface area contributed by atoms with Gasteiger partial charge in [0.1, 0.15) is 5.82 Å². The van der Waals surface area contributed by atoms with E-state index < -0.39 is 17.8 Å². The van der Waals surface area contributed by atoms with E-state index in [0.717, 1.165) is 50.4 Å². The topological polar surface area (TPSA) is 151 Å². The van der Waals surface area contributed by atoms with Gasteiger partial charge in [0, 0.05) is 30.4 Å². The number of nitrogens with two attached hydrogens (primary N) is 1. The molecule has 5 rings (SSSR count). The molecule has 2 saturated carbocycles. The highest BCUT2D eigenvalue weighted by molar-refractivity contribution is 6.03.